The van der Waals surface area contributed by atoms with Crippen molar-refractivity contribution in [1.82, 2.24) is 4.90 Å². The molecule has 1 heterocycles. The molecule has 2 aromatic carbocycles. The molecule has 1 saturated carbocycles. The van der Waals surface area contributed by atoms with Gasteiger partial charge in [0.2, 0.25) is 5.91 Å². The number of hydrogen-bond acceptors (Lipinski definition) is 5. The first-order chi connectivity index (χ1) is 16.0. The van der Waals surface area contributed by atoms with E-state index in [2.05, 4.69) is 0 Å². The highest BCUT2D eigenvalue weighted by Crippen LogP contribution is 2.51. The first kappa shape index (κ1) is 23.2. The lowest BCUT2D eigenvalue weighted by Crippen LogP contribution is -2.56. The Morgan fingerprint density at radius 3 is 2.42 bits per heavy atom. The van der Waals surface area contributed by atoms with E-state index >= 15 is 0 Å². The molecule has 2 aromatic rings. The van der Waals surface area contributed by atoms with Gasteiger partial charge in [-0.3, -0.25) is 4.79 Å². The maximum Gasteiger partial charge on any atom is 0.247 e. The van der Waals surface area contributed by atoms with Crippen molar-refractivity contribution in [3.63, 3.8) is 0 Å². The van der Waals surface area contributed by atoms with E-state index in [1.807, 2.05) is 53.4 Å². The molecule has 2 aliphatic rings. The number of aliphatic hydroxyl groups is 1. The molecule has 33 heavy (non-hydrogen) atoms. The minimum atomic E-state index is -0.760. The fourth-order valence-electron chi connectivity index (χ4n) is 5.35. The smallest absolute Gasteiger partial charge is 0.247 e. The van der Waals surface area contributed by atoms with Crippen LogP contribution >= 0.6 is 0 Å². The number of rotatable bonds is 6. The molecule has 4 rings (SSSR count). The molecule has 0 radical (unpaired) electrons. The van der Waals surface area contributed by atoms with Crippen molar-refractivity contribution in [3.8, 4) is 17.2 Å². The number of methoxy groups -OCH3 is 3. The van der Waals surface area contributed by atoms with E-state index in [9.17, 15) is 9.90 Å². The Kier molecular flexibility index (Phi) is 6.94. The topological polar surface area (TPSA) is 68.2 Å². The zero-order chi connectivity index (χ0) is 23.4. The second-order valence-electron chi connectivity index (χ2n) is 8.90. The molecule has 1 N–H and O–H groups in total. The molecule has 1 saturated heterocycles. The van der Waals surface area contributed by atoms with Gasteiger partial charge >= 0.3 is 0 Å². The fourth-order valence-corrected chi connectivity index (χ4v) is 5.35. The van der Waals surface area contributed by atoms with Gasteiger partial charge in [-0.05, 0) is 55.2 Å². The van der Waals surface area contributed by atoms with Gasteiger partial charge in [-0.25, -0.2) is 0 Å². The standard InChI is InChI=1S/C27H33NO5/c1-31-20-10-7-19(8-11-20)9-14-25(29)28-17-16-27(30)15-5-4-6-23(27)26(28)22-13-12-21(32-2)18-24(22)33-3/h7-14,18,23,26,30H,4-6,15-17H2,1-3H3/b14-9+. The Balaban J connectivity index is 1.68. The van der Waals surface area contributed by atoms with Crippen molar-refractivity contribution in [1.29, 1.82) is 0 Å². The second-order valence-corrected chi connectivity index (χ2v) is 8.90. The third-order valence-electron chi connectivity index (χ3n) is 7.14. The summed E-state index contributed by atoms with van der Waals surface area (Å²) >= 11 is 0. The summed E-state index contributed by atoms with van der Waals surface area (Å²) in [6, 6.07) is 13.0. The zero-order valence-corrected chi connectivity index (χ0v) is 19.6. The molecule has 3 atom stereocenters. The maximum atomic E-state index is 13.4. The van der Waals surface area contributed by atoms with E-state index in [0.29, 0.717) is 24.5 Å². The van der Waals surface area contributed by atoms with Crippen molar-refractivity contribution >= 4 is 12.0 Å². The Labute approximate surface area is 195 Å². The summed E-state index contributed by atoms with van der Waals surface area (Å²) in [5.41, 5.74) is 1.08. The van der Waals surface area contributed by atoms with Gasteiger partial charge in [0.25, 0.3) is 0 Å². The molecule has 1 aliphatic heterocycles. The molecule has 6 nitrogen and oxygen atoms in total. The fraction of sp³-hybridized carbons (Fsp3) is 0.444. The quantitative estimate of drug-likeness (QED) is 0.649. The Bertz CT molecular complexity index is 1000. The average molecular weight is 452 g/mol. The van der Waals surface area contributed by atoms with Gasteiger partial charge in [-0.1, -0.05) is 25.0 Å². The number of fused-ring (bicyclic) bond motifs is 1. The zero-order valence-electron chi connectivity index (χ0n) is 19.6. The second kappa shape index (κ2) is 9.87. The Morgan fingerprint density at radius 1 is 1.00 bits per heavy atom. The largest absolute Gasteiger partial charge is 0.497 e. The lowest BCUT2D eigenvalue weighted by Gasteiger charge is -2.52. The summed E-state index contributed by atoms with van der Waals surface area (Å²) in [6.45, 7) is 0.499. The first-order valence-electron chi connectivity index (χ1n) is 11.6. The normalized spacial score (nSPS) is 24.9. The van der Waals surface area contributed by atoms with E-state index in [1.54, 1.807) is 27.4 Å². The highest BCUT2D eigenvalue weighted by atomic mass is 16.5. The Hall–Kier alpha value is -2.99. The van der Waals surface area contributed by atoms with Crippen LogP contribution in [0.15, 0.2) is 48.5 Å². The number of carbonyl (C=O) groups is 1. The minimum absolute atomic E-state index is 0.0411. The highest BCUT2D eigenvalue weighted by molar-refractivity contribution is 5.92. The van der Waals surface area contributed by atoms with Crippen LogP contribution in [0, 0.1) is 5.92 Å². The third-order valence-corrected chi connectivity index (χ3v) is 7.14. The summed E-state index contributed by atoms with van der Waals surface area (Å²) < 4.78 is 16.3. The third kappa shape index (κ3) is 4.71. The summed E-state index contributed by atoms with van der Waals surface area (Å²) in [6.07, 6.45) is 7.76. The number of carbonyl (C=O) groups excluding carboxylic acids is 1. The number of ether oxygens (including phenoxy) is 3. The van der Waals surface area contributed by atoms with Crippen LogP contribution in [0.2, 0.25) is 0 Å². The molecule has 3 unspecified atom stereocenters. The molecule has 0 spiro atoms. The maximum absolute atomic E-state index is 13.4. The number of piperidine rings is 1. The number of nitrogens with zero attached hydrogens (tertiary/aromatic N) is 1. The van der Waals surface area contributed by atoms with E-state index in [-0.39, 0.29) is 17.9 Å². The van der Waals surface area contributed by atoms with E-state index < -0.39 is 5.60 Å². The SMILES string of the molecule is COc1ccc(/C=C/C(=O)N2CCC3(O)CCCCC3C2c2ccc(OC)cc2OC)cc1. The monoisotopic (exact) mass is 451 g/mol. The van der Waals surface area contributed by atoms with Crippen LogP contribution in [0.25, 0.3) is 6.08 Å². The van der Waals surface area contributed by atoms with Crippen LogP contribution in [0.4, 0.5) is 0 Å². The van der Waals surface area contributed by atoms with Crippen LogP contribution in [0.5, 0.6) is 17.2 Å². The Morgan fingerprint density at radius 2 is 1.73 bits per heavy atom. The number of amides is 1. The van der Waals surface area contributed by atoms with Crippen LogP contribution in [-0.4, -0.2) is 49.4 Å². The van der Waals surface area contributed by atoms with Crippen molar-refractivity contribution in [2.45, 2.75) is 43.7 Å². The minimum Gasteiger partial charge on any atom is -0.497 e. The summed E-state index contributed by atoms with van der Waals surface area (Å²) in [5, 5.41) is 11.5. The predicted molar refractivity (Wildman–Crippen MR) is 128 cm³/mol. The van der Waals surface area contributed by atoms with Gasteiger partial charge in [0.15, 0.2) is 0 Å². The van der Waals surface area contributed by atoms with Gasteiger partial charge < -0.3 is 24.2 Å². The van der Waals surface area contributed by atoms with Gasteiger partial charge in [-0.2, -0.15) is 0 Å². The molecule has 1 amide bonds. The highest BCUT2D eigenvalue weighted by Gasteiger charge is 2.50. The van der Waals surface area contributed by atoms with Crippen molar-refractivity contribution in [2.24, 2.45) is 5.92 Å². The van der Waals surface area contributed by atoms with Gasteiger partial charge in [0, 0.05) is 30.2 Å². The molecular weight excluding hydrogens is 418 g/mol. The van der Waals surface area contributed by atoms with Crippen LogP contribution in [-0.2, 0) is 4.79 Å². The van der Waals surface area contributed by atoms with Gasteiger partial charge in [0.05, 0.1) is 33.0 Å². The molecule has 6 heteroatoms. The molecule has 2 fully saturated rings. The lowest BCUT2D eigenvalue weighted by atomic mass is 9.66. The van der Waals surface area contributed by atoms with E-state index in [0.717, 1.165) is 42.6 Å². The van der Waals surface area contributed by atoms with E-state index in [4.69, 9.17) is 14.2 Å². The molecule has 0 aromatic heterocycles. The summed E-state index contributed by atoms with van der Waals surface area (Å²) in [4.78, 5) is 15.3. The average Bonchev–Trinajstić information content (AvgIpc) is 2.86. The van der Waals surface area contributed by atoms with Crippen LogP contribution in [0.3, 0.4) is 0 Å². The summed E-state index contributed by atoms with van der Waals surface area (Å²) in [5.74, 6) is 2.04. The van der Waals surface area contributed by atoms with Crippen molar-refractivity contribution < 1.29 is 24.1 Å². The lowest BCUT2D eigenvalue weighted by molar-refractivity contribution is -0.151. The predicted octanol–water partition coefficient (Wildman–Crippen LogP) is 4.62. The van der Waals surface area contributed by atoms with Crippen LogP contribution in [0.1, 0.15) is 49.3 Å². The van der Waals surface area contributed by atoms with Crippen LogP contribution < -0.4 is 14.2 Å². The molecular formula is C27H33NO5. The van der Waals surface area contributed by atoms with Gasteiger partial charge in [0.1, 0.15) is 17.2 Å². The van der Waals surface area contributed by atoms with Gasteiger partial charge in [-0.15, -0.1) is 0 Å². The number of likely N-dealkylation sites (tertiary alicyclic amines) is 1. The van der Waals surface area contributed by atoms with Crippen molar-refractivity contribution in [3.05, 3.63) is 59.7 Å². The van der Waals surface area contributed by atoms with Crippen molar-refractivity contribution in [2.75, 3.05) is 27.9 Å². The molecule has 176 valence electrons. The first-order valence-corrected chi connectivity index (χ1v) is 11.6. The number of benzene rings is 2. The molecule has 1 aliphatic carbocycles. The molecule has 0 bridgehead atoms. The summed E-state index contributed by atoms with van der Waals surface area (Å²) in [7, 11) is 4.88. The number of hydrogen-bond donors (Lipinski definition) is 1. The van der Waals surface area contributed by atoms with E-state index in [1.165, 1.54) is 0 Å².